The number of nitrogens with one attached hydrogen (secondary N) is 1. The molecule has 0 spiro atoms. The van der Waals surface area contributed by atoms with Gasteiger partial charge in [0.15, 0.2) is 11.6 Å². The van der Waals surface area contributed by atoms with E-state index in [-0.39, 0.29) is 0 Å². The third-order valence-corrected chi connectivity index (χ3v) is 3.73. The summed E-state index contributed by atoms with van der Waals surface area (Å²) in [5.41, 5.74) is 6.03. The summed E-state index contributed by atoms with van der Waals surface area (Å²) in [7, 11) is 0. The topological polar surface area (TPSA) is 54.7 Å². The summed E-state index contributed by atoms with van der Waals surface area (Å²) < 4.78 is 26.3. The molecule has 1 aromatic heterocycles. The number of aromatic amines is 1. The lowest BCUT2D eigenvalue weighted by atomic mass is 9.74. The summed E-state index contributed by atoms with van der Waals surface area (Å²) in [4.78, 5) is 7.32. The van der Waals surface area contributed by atoms with Crippen LogP contribution in [-0.4, -0.2) is 15.5 Å². The van der Waals surface area contributed by atoms with E-state index in [1.54, 1.807) is 0 Å². The van der Waals surface area contributed by atoms with Crippen molar-refractivity contribution in [2.75, 3.05) is 0 Å². The van der Waals surface area contributed by atoms with Crippen LogP contribution in [0.2, 0.25) is 0 Å². The molecule has 0 saturated heterocycles. The Bertz CT molecular complexity index is 555. The molecule has 2 aromatic rings. The van der Waals surface area contributed by atoms with E-state index in [1.807, 2.05) is 27.7 Å². The first-order chi connectivity index (χ1) is 8.13. The van der Waals surface area contributed by atoms with Gasteiger partial charge in [-0.25, -0.2) is 13.8 Å². The molecular formula is C13H17F2N3. The SMILES string of the molecule is CC(C)(N)C(C)(C)c1nc2cc(F)c(F)cc2[nH]1. The van der Waals surface area contributed by atoms with Crippen molar-refractivity contribution in [1.82, 2.24) is 9.97 Å². The molecule has 3 N–H and O–H groups in total. The Labute approximate surface area is 104 Å². The van der Waals surface area contributed by atoms with Crippen LogP contribution in [0, 0.1) is 11.6 Å². The molecule has 0 saturated carbocycles. The highest BCUT2D eigenvalue weighted by atomic mass is 19.2. The second kappa shape index (κ2) is 3.75. The van der Waals surface area contributed by atoms with Crippen LogP contribution in [0.3, 0.4) is 0 Å². The number of H-pyrrole nitrogens is 1. The molecule has 0 radical (unpaired) electrons. The molecule has 1 aromatic carbocycles. The third kappa shape index (κ3) is 1.88. The van der Waals surface area contributed by atoms with E-state index in [0.29, 0.717) is 16.9 Å². The van der Waals surface area contributed by atoms with Crippen LogP contribution in [0.4, 0.5) is 8.78 Å². The normalized spacial score (nSPS) is 13.3. The van der Waals surface area contributed by atoms with Gasteiger partial charge in [-0.1, -0.05) is 13.8 Å². The maximum absolute atomic E-state index is 13.1. The number of halogens is 2. The molecule has 0 unspecified atom stereocenters. The fourth-order valence-electron chi connectivity index (χ4n) is 1.61. The lowest BCUT2D eigenvalue weighted by Crippen LogP contribution is -2.50. The number of hydrogen-bond donors (Lipinski definition) is 2. The lowest BCUT2D eigenvalue weighted by Gasteiger charge is -2.36. The first-order valence-corrected chi connectivity index (χ1v) is 5.77. The molecule has 18 heavy (non-hydrogen) atoms. The Morgan fingerprint density at radius 3 is 2.22 bits per heavy atom. The Morgan fingerprint density at radius 2 is 1.67 bits per heavy atom. The number of rotatable bonds is 2. The average Bonchev–Trinajstić information content (AvgIpc) is 2.60. The Hall–Kier alpha value is -1.49. The summed E-state index contributed by atoms with van der Waals surface area (Å²) in [6.07, 6.45) is 0. The minimum atomic E-state index is -0.898. The summed E-state index contributed by atoms with van der Waals surface area (Å²) in [5.74, 6) is -1.16. The van der Waals surface area contributed by atoms with Crippen LogP contribution in [0.1, 0.15) is 33.5 Å². The second-order valence-corrected chi connectivity index (χ2v) is 5.72. The van der Waals surface area contributed by atoms with Crippen LogP contribution in [-0.2, 0) is 5.41 Å². The predicted octanol–water partition coefficient (Wildman–Crippen LogP) is 2.86. The highest BCUT2D eigenvalue weighted by molar-refractivity contribution is 5.75. The number of benzene rings is 1. The quantitative estimate of drug-likeness (QED) is 0.864. The number of imidazole rings is 1. The van der Waals surface area contributed by atoms with Crippen molar-refractivity contribution in [2.45, 2.75) is 38.6 Å². The molecule has 0 aliphatic heterocycles. The van der Waals surface area contributed by atoms with Crippen LogP contribution >= 0.6 is 0 Å². The second-order valence-electron chi connectivity index (χ2n) is 5.72. The summed E-state index contributed by atoms with van der Waals surface area (Å²) in [5, 5.41) is 0. The van der Waals surface area contributed by atoms with Crippen molar-refractivity contribution in [3.63, 3.8) is 0 Å². The maximum atomic E-state index is 13.1. The first kappa shape index (κ1) is 13.0. The van der Waals surface area contributed by atoms with Gasteiger partial charge in [0.1, 0.15) is 5.82 Å². The Morgan fingerprint density at radius 1 is 1.11 bits per heavy atom. The Balaban J connectivity index is 2.61. The van der Waals surface area contributed by atoms with Gasteiger partial charge in [-0.3, -0.25) is 0 Å². The molecule has 0 atom stereocenters. The highest BCUT2D eigenvalue weighted by Crippen LogP contribution is 2.32. The molecular weight excluding hydrogens is 236 g/mol. The lowest BCUT2D eigenvalue weighted by molar-refractivity contribution is 0.293. The minimum absolute atomic E-state index is 0.404. The van der Waals surface area contributed by atoms with Crippen LogP contribution in [0.15, 0.2) is 12.1 Å². The number of hydrogen-bond acceptors (Lipinski definition) is 2. The Kier molecular flexibility index (Phi) is 2.70. The highest BCUT2D eigenvalue weighted by Gasteiger charge is 2.37. The molecule has 0 fully saturated rings. The van der Waals surface area contributed by atoms with Crippen molar-refractivity contribution >= 4 is 11.0 Å². The van der Waals surface area contributed by atoms with Gasteiger partial charge in [-0.15, -0.1) is 0 Å². The van der Waals surface area contributed by atoms with Crippen molar-refractivity contribution in [2.24, 2.45) is 5.73 Å². The molecule has 5 heteroatoms. The minimum Gasteiger partial charge on any atom is -0.341 e. The maximum Gasteiger partial charge on any atom is 0.161 e. The van der Waals surface area contributed by atoms with Crippen LogP contribution < -0.4 is 5.73 Å². The van der Waals surface area contributed by atoms with Gasteiger partial charge in [-0.2, -0.15) is 0 Å². The van der Waals surface area contributed by atoms with E-state index in [0.717, 1.165) is 12.1 Å². The van der Waals surface area contributed by atoms with E-state index in [9.17, 15) is 8.78 Å². The standard InChI is InChI=1S/C13H17F2N3/c1-12(2,13(3,4)16)11-17-9-5-7(14)8(15)6-10(9)18-11/h5-6H,16H2,1-4H3,(H,17,18). The van der Waals surface area contributed by atoms with Gasteiger partial charge in [0.25, 0.3) is 0 Å². The van der Waals surface area contributed by atoms with E-state index < -0.39 is 22.6 Å². The molecule has 0 amide bonds. The van der Waals surface area contributed by atoms with E-state index in [4.69, 9.17) is 5.73 Å². The van der Waals surface area contributed by atoms with Gasteiger partial charge < -0.3 is 10.7 Å². The van der Waals surface area contributed by atoms with Gasteiger partial charge in [0.2, 0.25) is 0 Å². The third-order valence-electron chi connectivity index (χ3n) is 3.73. The molecule has 1 heterocycles. The summed E-state index contributed by atoms with van der Waals surface area (Å²) in [6, 6.07) is 2.20. The van der Waals surface area contributed by atoms with Crippen molar-refractivity contribution in [3.05, 3.63) is 29.6 Å². The number of aromatic nitrogens is 2. The molecule has 0 bridgehead atoms. The largest absolute Gasteiger partial charge is 0.341 e. The van der Waals surface area contributed by atoms with Gasteiger partial charge >= 0.3 is 0 Å². The monoisotopic (exact) mass is 253 g/mol. The van der Waals surface area contributed by atoms with Crippen LogP contribution in [0.5, 0.6) is 0 Å². The van der Waals surface area contributed by atoms with Crippen LogP contribution in [0.25, 0.3) is 11.0 Å². The number of nitrogens with two attached hydrogens (primary N) is 1. The smallest absolute Gasteiger partial charge is 0.161 e. The fraction of sp³-hybridized carbons (Fsp3) is 0.462. The summed E-state index contributed by atoms with van der Waals surface area (Å²) >= 11 is 0. The molecule has 2 rings (SSSR count). The zero-order valence-electron chi connectivity index (χ0n) is 10.9. The molecule has 0 aliphatic rings. The van der Waals surface area contributed by atoms with Crippen molar-refractivity contribution in [3.8, 4) is 0 Å². The first-order valence-electron chi connectivity index (χ1n) is 5.77. The van der Waals surface area contributed by atoms with E-state index >= 15 is 0 Å². The van der Waals surface area contributed by atoms with Gasteiger partial charge in [0, 0.05) is 23.1 Å². The van der Waals surface area contributed by atoms with Gasteiger partial charge in [-0.05, 0) is 13.8 Å². The van der Waals surface area contributed by atoms with E-state index in [1.165, 1.54) is 0 Å². The van der Waals surface area contributed by atoms with Gasteiger partial charge in [0.05, 0.1) is 11.0 Å². The predicted molar refractivity (Wildman–Crippen MR) is 67.3 cm³/mol. The number of nitrogens with zero attached hydrogens (tertiary/aromatic N) is 1. The van der Waals surface area contributed by atoms with E-state index in [2.05, 4.69) is 9.97 Å². The number of fused-ring (bicyclic) bond motifs is 1. The average molecular weight is 253 g/mol. The zero-order valence-corrected chi connectivity index (χ0v) is 10.9. The van der Waals surface area contributed by atoms with Crippen molar-refractivity contribution in [1.29, 1.82) is 0 Å². The molecule has 3 nitrogen and oxygen atoms in total. The fourth-order valence-corrected chi connectivity index (χ4v) is 1.61. The molecule has 98 valence electrons. The summed E-state index contributed by atoms with van der Waals surface area (Å²) in [6.45, 7) is 7.66. The van der Waals surface area contributed by atoms with Crippen molar-refractivity contribution < 1.29 is 8.78 Å². The zero-order chi connectivity index (χ0) is 13.7. The molecule has 0 aliphatic carbocycles.